The predicted molar refractivity (Wildman–Crippen MR) is 179 cm³/mol. The lowest BCUT2D eigenvalue weighted by Gasteiger charge is -2.13. The largest absolute Gasteiger partial charge is 0.305 e. The van der Waals surface area contributed by atoms with Crippen molar-refractivity contribution >= 4 is 54.6 Å². The molecule has 0 radical (unpaired) electrons. The molecule has 0 spiro atoms. The van der Waals surface area contributed by atoms with E-state index in [1.165, 1.54) is 43.6 Å². The van der Waals surface area contributed by atoms with Gasteiger partial charge in [-0.3, -0.25) is 0 Å². The van der Waals surface area contributed by atoms with Crippen LogP contribution in [0.4, 0.5) is 0 Å². The Hall–Kier alpha value is -6.07. The molecule has 5 nitrogen and oxygen atoms in total. The van der Waals surface area contributed by atoms with Crippen molar-refractivity contribution < 1.29 is 0 Å². The number of fused-ring (bicyclic) bond motifs is 8. The Morgan fingerprint density at radius 1 is 0.318 bits per heavy atom. The quantitative estimate of drug-likeness (QED) is 0.202. The highest BCUT2D eigenvalue weighted by Gasteiger charge is 2.23. The van der Waals surface area contributed by atoms with Crippen molar-refractivity contribution in [1.82, 2.24) is 23.8 Å². The van der Waals surface area contributed by atoms with Gasteiger partial charge in [-0.05, 0) is 24.3 Å². The maximum absolute atomic E-state index is 5.12. The Morgan fingerprint density at radius 3 is 1.45 bits per heavy atom. The van der Waals surface area contributed by atoms with Crippen LogP contribution < -0.4 is 0 Å². The standard InChI is InChI=1S/C39H23N5/c1-3-12-24(13-4-1)37-40-38(25-14-5-2-6-15-25)42-39(41-37)30-20-9-17-28-29-19-11-22-32-36(29)44(34(28)30)33-23-10-18-27-26-16-7-8-21-31(26)43(32)35(27)33/h1-23H. The first-order valence-electron chi connectivity index (χ1n) is 14.8. The molecule has 44 heavy (non-hydrogen) atoms. The molecule has 204 valence electrons. The van der Waals surface area contributed by atoms with E-state index >= 15 is 0 Å². The van der Waals surface area contributed by atoms with Crippen molar-refractivity contribution in [1.29, 1.82) is 0 Å². The molecule has 10 aromatic rings. The molecule has 10 rings (SSSR count). The van der Waals surface area contributed by atoms with Gasteiger partial charge in [0.25, 0.3) is 0 Å². The monoisotopic (exact) mass is 561 g/mol. The summed E-state index contributed by atoms with van der Waals surface area (Å²) >= 11 is 0. The van der Waals surface area contributed by atoms with Crippen molar-refractivity contribution in [3.8, 4) is 34.2 Å². The summed E-state index contributed by atoms with van der Waals surface area (Å²) in [6.07, 6.45) is 0. The van der Waals surface area contributed by atoms with Gasteiger partial charge in [-0.2, -0.15) is 0 Å². The fourth-order valence-electron chi connectivity index (χ4n) is 7.06. The summed E-state index contributed by atoms with van der Waals surface area (Å²) in [5.74, 6) is 1.97. The zero-order valence-electron chi connectivity index (χ0n) is 23.5. The van der Waals surface area contributed by atoms with Crippen molar-refractivity contribution in [2.24, 2.45) is 0 Å². The lowest BCUT2D eigenvalue weighted by atomic mass is 10.1. The summed E-state index contributed by atoms with van der Waals surface area (Å²) in [7, 11) is 0. The molecule has 4 aromatic heterocycles. The van der Waals surface area contributed by atoms with Gasteiger partial charge in [-0.15, -0.1) is 0 Å². The molecule has 6 aromatic carbocycles. The summed E-state index contributed by atoms with van der Waals surface area (Å²) in [4.78, 5) is 15.2. The number of para-hydroxylation sites is 4. The Kier molecular flexibility index (Phi) is 4.66. The summed E-state index contributed by atoms with van der Waals surface area (Å²) in [6, 6.07) is 48.8. The molecule has 0 unspecified atom stereocenters. The molecule has 4 heterocycles. The van der Waals surface area contributed by atoms with Crippen LogP contribution in [0.2, 0.25) is 0 Å². The SMILES string of the molecule is c1ccc(-c2nc(-c3ccccc3)nc(-c3cccc4c5cccc6c5n(c5cccc7c8ccccc8n6c75)c34)n2)cc1. The van der Waals surface area contributed by atoms with E-state index in [1.807, 2.05) is 36.4 Å². The second-order valence-electron chi connectivity index (χ2n) is 11.3. The number of hydrogen-bond donors (Lipinski definition) is 0. The van der Waals surface area contributed by atoms with Gasteiger partial charge in [0.05, 0.1) is 33.1 Å². The highest BCUT2D eigenvalue weighted by molar-refractivity contribution is 6.23. The third kappa shape index (κ3) is 3.10. The van der Waals surface area contributed by atoms with Gasteiger partial charge in [0.1, 0.15) is 0 Å². The minimum absolute atomic E-state index is 0.655. The zero-order chi connectivity index (χ0) is 28.8. The topological polar surface area (TPSA) is 47.5 Å². The van der Waals surface area contributed by atoms with Crippen LogP contribution in [0.25, 0.3) is 88.8 Å². The highest BCUT2D eigenvalue weighted by Crippen LogP contribution is 2.42. The van der Waals surface area contributed by atoms with E-state index in [0.29, 0.717) is 17.5 Å². The summed E-state index contributed by atoms with van der Waals surface area (Å²) < 4.78 is 4.87. The summed E-state index contributed by atoms with van der Waals surface area (Å²) in [6.45, 7) is 0. The second kappa shape index (κ2) is 8.72. The third-order valence-electron chi connectivity index (χ3n) is 8.88. The molecule has 0 amide bonds. The Bertz CT molecular complexity index is 2650. The maximum atomic E-state index is 5.12. The van der Waals surface area contributed by atoms with Gasteiger partial charge in [0.2, 0.25) is 0 Å². The van der Waals surface area contributed by atoms with E-state index in [9.17, 15) is 0 Å². The summed E-state index contributed by atoms with van der Waals surface area (Å²) in [5, 5.41) is 4.89. The first kappa shape index (κ1) is 23.5. The van der Waals surface area contributed by atoms with Crippen LogP contribution in [-0.2, 0) is 0 Å². The van der Waals surface area contributed by atoms with E-state index in [4.69, 9.17) is 15.0 Å². The lowest BCUT2D eigenvalue weighted by molar-refractivity contribution is 1.07. The number of aromatic nitrogens is 5. The Balaban J connectivity index is 1.39. The van der Waals surface area contributed by atoms with E-state index in [-0.39, 0.29) is 0 Å². The molecule has 0 saturated carbocycles. The molecular formula is C39H23N5. The van der Waals surface area contributed by atoms with Crippen LogP contribution in [0.1, 0.15) is 0 Å². The maximum Gasteiger partial charge on any atom is 0.166 e. The van der Waals surface area contributed by atoms with E-state index in [0.717, 1.165) is 27.7 Å². The fourth-order valence-corrected chi connectivity index (χ4v) is 7.06. The average molecular weight is 562 g/mol. The zero-order valence-corrected chi connectivity index (χ0v) is 23.5. The third-order valence-corrected chi connectivity index (χ3v) is 8.88. The number of nitrogens with zero attached hydrogens (tertiary/aromatic N) is 5. The molecule has 0 fully saturated rings. The number of hydrogen-bond acceptors (Lipinski definition) is 3. The van der Waals surface area contributed by atoms with Crippen molar-refractivity contribution in [3.05, 3.63) is 140 Å². The minimum Gasteiger partial charge on any atom is -0.305 e. The highest BCUT2D eigenvalue weighted by atomic mass is 15.0. The predicted octanol–water partition coefficient (Wildman–Crippen LogP) is 9.43. The van der Waals surface area contributed by atoms with Gasteiger partial charge in [0.15, 0.2) is 17.5 Å². The first-order valence-corrected chi connectivity index (χ1v) is 14.8. The van der Waals surface area contributed by atoms with Crippen molar-refractivity contribution in [3.63, 3.8) is 0 Å². The van der Waals surface area contributed by atoms with E-state index in [1.54, 1.807) is 0 Å². The van der Waals surface area contributed by atoms with Crippen LogP contribution in [-0.4, -0.2) is 23.8 Å². The first-order chi connectivity index (χ1) is 21.8. The molecule has 0 N–H and O–H groups in total. The van der Waals surface area contributed by atoms with Crippen LogP contribution in [0.15, 0.2) is 140 Å². The summed E-state index contributed by atoms with van der Waals surface area (Å²) in [5.41, 5.74) is 9.95. The number of rotatable bonds is 3. The smallest absolute Gasteiger partial charge is 0.166 e. The second-order valence-corrected chi connectivity index (χ2v) is 11.3. The normalized spacial score (nSPS) is 12.1. The van der Waals surface area contributed by atoms with Crippen molar-refractivity contribution in [2.75, 3.05) is 0 Å². The number of benzene rings is 6. The average Bonchev–Trinajstić information content (AvgIpc) is 3.63. The van der Waals surface area contributed by atoms with Gasteiger partial charge in [0, 0.05) is 38.2 Å². The molecule has 0 bridgehead atoms. The lowest BCUT2D eigenvalue weighted by Crippen LogP contribution is -2.01. The molecule has 0 aliphatic rings. The molecule has 0 atom stereocenters. The van der Waals surface area contributed by atoms with Gasteiger partial charge in [-0.1, -0.05) is 115 Å². The van der Waals surface area contributed by atoms with Gasteiger partial charge < -0.3 is 8.80 Å². The van der Waals surface area contributed by atoms with E-state index in [2.05, 4.69) is 112 Å². The molecular weight excluding hydrogens is 538 g/mol. The van der Waals surface area contributed by atoms with Crippen LogP contribution >= 0.6 is 0 Å². The van der Waals surface area contributed by atoms with Gasteiger partial charge in [-0.25, -0.2) is 15.0 Å². The van der Waals surface area contributed by atoms with E-state index < -0.39 is 0 Å². The molecule has 0 saturated heterocycles. The van der Waals surface area contributed by atoms with Crippen LogP contribution in [0.3, 0.4) is 0 Å². The molecule has 5 heteroatoms. The molecule has 0 aliphatic carbocycles. The van der Waals surface area contributed by atoms with Crippen molar-refractivity contribution in [2.45, 2.75) is 0 Å². The Morgan fingerprint density at radius 2 is 0.773 bits per heavy atom. The molecule has 0 aliphatic heterocycles. The van der Waals surface area contributed by atoms with Crippen LogP contribution in [0.5, 0.6) is 0 Å². The Labute approximate surface area is 251 Å². The minimum atomic E-state index is 0.655. The van der Waals surface area contributed by atoms with Gasteiger partial charge >= 0.3 is 0 Å². The fraction of sp³-hybridized carbons (Fsp3) is 0. The van der Waals surface area contributed by atoms with Crippen LogP contribution in [0, 0.1) is 0 Å².